The lowest BCUT2D eigenvalue weighted by Crippen LogP contribution is -2.39. The number of fused-ring (bicyclic) bond motifs is 2. The summed E-state index contributed by atoms with van der Waals surface area (Å²) in [4.78, 5) is 11.5. The fraction of sp³-hybridized carbons (Fsp3) is 0.125. The van der Waals surface area contributed by atoms with E-state index in [1.165, 1.54) is 11.8 Å². The second-order valence-electron chi connectivity index (χ2n) is 5.33. The van der Waals surface area contributed by atoms with E-state index in [1.807, 2.05) is 31.2 Å². The standard InChI is InChI=1S/C16H13N3O2S/c1-9-6-7-12-11(8-9)16(15(21)17-12)19-18-14(22-16)10-4-2-3-5-13(10)20/h2-8,19-20H,1H3,(H,17,21). The maximum absolute atomic E-state index is 12.5. The number of hydrazone groups is 1. The molecule has 0 aliphatic carbocycles. The molecule has 0 saturated heterocycles. The van der Waals surface area contributed by atoms with E-state index >= 15 is 0 Å². The Balaban J connectivity index is 1.77. The predicted molar refractivity (Wildman–Crippen MR) is 86.9 cm³/mol. The molecule has 0 aromatic heterocycles. The van der Waals surface area contributed by atoms with E-state index in [0.29, 0.717) is 10.6 Å². The van der Waals surface area contributed by atoms with Crippen molar-refractivity contribution in [2.45, 2.75) is 11.8 Å². The topological polar surface area (TPSA) is 73.7 Å². The maximum atomic E-state index is 12.5. The first-order valence-corrected chi connectivity index (χ1v) is 7.67. The van der Waals surface area contributed by atoms with Gasteiger partial charge in [0, 0.05) is 11.3 Å². The summed E-state index contributed by atoms with van der Waals surface area (Å²) in [6.45, 7) is 1.99. The summed E-state index contributed by atoms with van der Waals surface area (Å²) in [5, 5.41) is 17.8. The van der Waals surface area contributed by atoms with Gasteiger partial charge in [0.1, 0.15) is 10.8 Å². The van der Waals surface area contributed by atoms with Gasteiger partial charge in [-0.2, -0.15) is 5.10 Å². The quantitative estimate of drug-likeness (QED) is 0.756. The molecule has 2 aliphatic heterocycles. The second kappa shape index (κ2) is 4.51. The summed E-state index contributed by atoms with van der Waals surface area (Å²) in [5.41, 5.74) is 6.33. The number of para-hydroxylation sites is 1. The number of aromatic hydroxyl groups is 1. The smallest absolute Gasteiger partial charge is 0.267 e. The summed E-state index contributed by atoms with van der Waals surface area (Å²) in [6, 6.07) is 12.8. The number of anilines is 1. The Morgan fingerprint density at radius 2 is 2.05 bits per heavy atom. The Morgan fingerprint density at radius 1 is 1.23 bits per heavy atom. The molecule has 0 fully saturated rings. The molecule has 1 spiro atoms. The van der Waals surface area contributed by atoms with Crippen molar-refractivity contribution < 1.29 is 9.90 Å². The lowest BCUT2D eigenvalue weighted by atomic mass is 10.1. The largest absolute Gasteiger partial charge is 0.507 e. The summed E-state index contributed by atoms with van der Waals surface area (Å²) in [6.07, 6.45) is 0. The van der Waals surface area contributed by atoms with Crippen molar-refractivity contribution in [3.8, 4) is 5.75 Å². The van der Waals surface area contributed by atoms with E-state index < -0.39 is 4.87 Å². The molecule has 0 bridgehead atoms. The fourth-order valence-electron chi connectivity index (χ4n) is 2.69. The number of aryl methyl sites for hydroxylation is 1. The van der Waals surface area contributed by atoms with Crippen molar-refractivity contribution >= 4 is 28.4 Å². The maximum Gasteiger partial charge on any atom is 0.267 e. The van der Waals surface area contributed by atoms with Crippen LogP contribution in [0.4, 0.5) is 5.69 Å². The van der Waals surface area contributed by atoms with E-state index in [0.717, 1.165) is 16.8 Å². The molecule has 1 unspecified atom stereocenters. The monoisotopic (exact) mass is 311 g/mol. The van der Waals surface area contributed by atoms with E-state index in [9.17, 15) is 9.90 Å². The zero-order valence-electron chi connectivity index (χ0n) is 11.8. The number of hydrogen-bond donors (Lipinski definition) is 3. The number of rotatable bonds is 1. The number of phenols is 1. The Hall–Kier alpha value is -2.47. The molecule has 4 rings (SSSR count). The van der Waals surface area contributed by atoms with Gasteiger partial charge in [-0.3, -0.25) is 10.2 Å². The van der Waals surface area contributed by atoms with Crippen molar-refractivity contribution in [2.75, 3.05) is 5.32 Å². The molecule has 1 amide bonds. The Bertz CT molecular complexity index is 834. The van der Waals surface area contributed by atoms with Crippen molar-refractivity contribution in [3.63, 3.8) is 0 Å². The van der Waals surface area contributed by atoms with Crippen LogP contribution in [0, 0.1) is 6.92 Å². The highest BCUT2D eigenvalue weighted by atomic mass is 32.2. The molecular weight excluding hydrogens is 298 g/mol. The Morgan fingerprint density at radius 3 is 2.86 bits per heavy atom. The minimum atomic E-state index is -0.959. The summed E-state index contributed by atoms with van der Waals surface area (Å²) in [5.74, 6) is 0.00254. The first-order chi connectivity index (χ1) is 10.6. The zero-order valence-corrected chi connectivity index (χ0v) is 12.6. The highest BCUT2D eigenvalue weighted by molar-refractivity contribution is 8.16. The van der Waals surface area contributed by atoms with Crippen molar-refractivity contribution in [2.24, 2.45) is 5.10 Å². The molecule has 22 heavy (non-hydrogen) atoms. The zero-order chi connectivity index (χ0) is 15.3. The third kappa shape index (κ3) is 1.74. The van der Waals surface area contributed by atoms with Gasteiger partial charge < -0.3 is 10.4 Å². The van der Waals surface area contributed by atoms with Crippen LogP contribution in [0.5, 0.6) is 5.75 Å². The number of nitrogens with one attached hydrogen (secondary N) is 2. The minimum absolute atomic E-state index is 0.146. The first-order valence-electron chi connectivity index (χ1n) is 6.85. The van der Waals surface area contributed by atoms with Crippen LogP contribution in [0.3, 0.4) is 0 Å². The second-order valence-corrected chi connectivity index (χ2v) is 6.54. The van der Waals surface area contributed by atoms with Crippen molar-refractivity contribution in [1.82, 2.24) is 5.43 Å². The van der Waals surface area contributed by atoms with Gasteiger partial charge in [0.2, 0.25) is 4.87 Å². The molecule has 110 valence electrons. The molecule has 1 atom stereocenters. The number of carbonyl (C=O) groups excluding carboxylic acids is 1. The lowest BCUT2D eigenvalue weighted by molar-refractivity contribution is -0.118. The number of nitrogens with zero attached hydrogens (tertiary/aromatic N) is 1. The van der Waals surface area contributed by atoms with Gasteiger partial charge in [0.15, 0.2) is 0 Å². The third-order valence-electron chi connectivity index (χ3n) is 3.82. The van der Waals surface area contributed by atoms with Crippen LogP contribution in [-0.2, 0) is 9.67 Å². The number of benzene rings is 2. The lowest BCUT2D eigenvalue weighted by Gasteiger charge is -2.20. The highest BCUT2D eigenvalue weighted by Crippen LogP contribution is 2.48. The van der Waals surface area contributed by atoms with E-state index in [4.69, 9.17) is 0 Å². The van der Waals surface area contributed by atoms with Gasteiger partial charge in [0.05, 0.1) is 5.56 Å². The van der Waals surface area contributed by atoms with Gasteiger partial charge in [-0.15, -0.1) is 0 Å². The van der Waals surface area contributed by atoms with Gasteiger partial charge in [-0.25, -0.2) is 0 Å². The number of amides is 1. The summed E-state index contributed by atoms with van der Waals surface area (Å²) >= 11 is 1.31. The molecule has 0 saturated carbocycles. The Labute approximate surface area is 131 Å². The molecule has 6 heteroatoms. The van der Waals surface area contributed by atoms with Crippen LogP contribution >= 0.6 is 11.8 Å². The van der Waals surface area contributed by atoms with Crippen LogP contribution in [-0.4, -0.2) is 16.1 Å². The van der Waals surface area contributed by atoms with Crippen LogP contribution in [0.15, 0.2) is 47.6 Å². The summed E-state index contributed by atoms with van der Waals surface area (Å²) in [7, 11) is 0. The van der Waals surface area contributed by atoms with Gasteiger partial charge in [-0.05, 0) is 25.1 Å². The number of thioether (sulfide) groups is 1. The molecule has 2 aromatic rings. The van der Waals surface area contributed by atoms with Crippen molar-refractivity contribution in [1.29, 1.82) is 0 Å². The fourth-order valence-corrected chi connectivity index (χ4v) is 3.87. The molecule has 0 radical (unpaired) electrons. The minimum Gasteiger partial charge on any atom is -0.507 e. The molecule has 2 heterocycles. The average Bonchev–Trinajstić information content (AvgIpc) is 3.05. The van der Waals surface area contributed by atoms with Crippen LogP contribution in [0.1, 0.15) is 16.7 Å². The normalized spacial score (nSPS) is 22.2. The van der Waals surface area contributed by atoms with E-state index in [-0.39, 0.29) is 11.7 Å². The third-order valence-corrected chi connectivity index (χ3v) is 5.13. The van der Waals surface area contributed by atoms with Crippen LogP contribution < -0.4 is 10.7 Å². The predicted octanol–water partition coefficient (Wildman–Crippen LogP) is 2.50. The molecule has 3 N–H and O–H groups in total. The molecule has 5 nitrogen and oxygen atoms in total. The SMILES string of the molecule is Cc1ccc2c(c1)C1(NN=C(c3ccccc3O)S1)C(=O)N2. The molecule has 2 aromatic carbocycles. The highest BCUT2D eigenvalue weighted by Gasteiger charge is 2.52. The van der Waals surface area contributed by atoms with Gasteiger partial charge in [-0.1, -0.05) is 41.6 Å². The van der Waals surface area contributed by atoms with E-state index in [2.05, 4.69) is 15.8 Å². The number of hydrogen-bond acceptors (Lipinski definition) is 5. The average molecular weight is 311 g/mol. The number of phenolic OH excluding ortho intramolecular Hbond substituents is 1. The van der Waals surface area contributed by atoms with Crippen LogP contribution in [0.25, 0.3) is 0 Å². The molecule has 2 aliphatic rings. The van der Waals surface area contributed by atoms with Crippen LogP contribution in [0.2, 0.25) is 0 Å². The Kier molecular flexibility index (Phi) is 2.71. The van der Waals surface area contributed by atoms with Gasteiger partial charge >= 0.3 is 0 Å². The van der Waals surface area contributed by atoms with Crippen molar-refractivity contribution in [3.05, 3.63) is 59.2 Å². The van der Waals surface area contributed by atoms with E-state index in [1.54, 1.807) is 18.2 Å². The molecular formula is C16H13N3O2S. The number of carbonyl (C=O) groups is 1. The first kappa shape index (κ1) is 13.2. The van der Waals surface area contributed by atoms with Gasteiger partial charge in [0.25, 0.3) is 5.91 Å². The summed E-state index contributed by atoms with van der Waals surface area (Å²) < 4.78 is 0.